The third-order valence-electron chi connectivity index (χ3n) is 6.81. The Balaban J connectivity index is 2.06. The fourth-order valence-corrected chi connectivity index (χ4v) is 4.39. The van der Waals surface area contributed by atoms with Crippen LogP contribution in [0.15, 0.2) is 18.2 Å². The highest BCUT2D eigenvalue weighted by Crippen LogP contribution is 2.30. The number of amides is 2. The van der Waals surface area contributed by atoms with Gasteiger partial charge < -0.3 is 21.1 Å². The zero-order valence-corrected chi connectivity index (χ0v) is 21.8. The Hall–Kier alpha value is -2.03. The zero-order chi connectivity index (χ0) is 25.8. The lowest BCUT2D eigenvalue weighted by atomic mass is 9.86. The van der Waals surface area contributed by atoms with Gasteiger partial charge in [0, 0.05) is 48.4 Å². The standard InChI is InChI=1S/C26H43FN4O3/c1-16(2)12-29-25(34)19(17(3)4)11-23(32)21(28)13-30-14-24(33)31(15-26(30,6)7)22-10-8-9-20(27)18(22)5/h8-10,16-17,19,21,23,32H,11-15,28H2,1-7H3,(H,29,34)/t19-,21-,23-/m0/s1. The first-order valence-electron chi connectivity index (χ1n) is 12.3. The summed E-state index contributed by atoms with van der Waals surface area (Å²) >= 11 is 0. The molecule has 1 aromatic rings. The van der Waals surface area contributed by atoms with Crippen molar-refractivity contribution in [2.24, 2.45) is 23.5 Å². The van der Waals surface area contributed by atoms with E-state index in [1.54, 1.807) is 24.0 Å². The highest BCUT2D eigenvalue weighted by molar-refractivity contribution is 5.96. The van der Waals surface area contributed by atoms with Crippen LogP contribution in [0.4, 0.5) is 10.1 Å². The average molecular weight is 479 g/mol. The molecule has 1 heterocycles. The van der Waals surface area contributed by atoms with Gasteiger partial charge >= 0.3 is 0 Å². The van der Waals surface area contributed by atoms with Gasteiger partial charge in [-0.1, -0.05) is 33.8 Å². The summed E-state index contributed by atoms with van der Waals surface area (Å²) in [6.45, 7) is 15.1. The van der Waals surface area contributed by atoms with E-state index in [1.165, 1.54) is 6.07 Å². The van der Waals surface area contributed by atoms with E-state index < -0.39 is 17.7 Å². The Morgan fingerprint density at radius 1 is 1.26 bits per heavy atom. The van der Waals surface area contributed by atoms with Crippen LogP contribution in [0.3, 0.4) is 0 Å². The molecule has 3 atom stereocenters. The van der Waals surface area contributed by atoms with Gasteiger partial charge in [0.2, 0.25) is 11.8 Å². The van der Waals surface area contributed by atoms with Crippen molar-refractivity contribution in [1.82, 2.24) is 10.2 Å². The third-order valence-corrected chi connectivity index (χ3v) is 6.81. The number of nitrogens with two attached hydrogens (primary N) is 1. The molecule has 1 aliphatic rings. The van der Waals surface area contributed by atoms with Crippen molar-refractivity contribution in [2.45, 2.75) is 72.6 Å². The largest absolute Gasteiger partial charge is 0.391 e. The molecule has 34 heavy (non-hydrogen) atoms. The average Bonchev–Trinajstić information content (AvgIpc) is 2.74. The molecule has 2 rings (SSSR count). The van der Waals surface area contributed by atoms with E-state index >= 15 is 0 Å². The van der Waals surface area contributed by atoms with Crippen molar-refractivity contribution < 1.29 is 19.1 Å². The minimum absolute atomic E-state index is 0.0603. The lowest BCUT2D eigenvalue weighted by molar-refractivity contribution is -0.127. The molecule has 2 amide bonds. The number of piperazine rings is 1. The quantitative estimate of drug-likeness (QED) is 0.480. The summed E-state index contributed by atoms with van der Waals surface area (Å²) in [6.07, 6.45) is -0.619. The lowest BCUT2D eigenvalue weighted by Gasteiger charge is -2.48. The van der Waals surface area contributed by atoms with Gasteiger partial charge in [-0.25, -0.2) is 4.39 Å². The molecule has 1 fully saturated rings. The van der Waals surface area contributed by atoms with Gasteiger partial charge in [0.15, 0.2) is 0 Å². The van der Waals surface area contributed by atoms with Crippen LogP contribution in [0.1, 0.15) is 53.5 Å². The fraction of sp³-hybridized carbons (Fsp3) is 0.692. The molecule has 192 valence electrons. The normalized spacial score (nSPS) is 19.4. The van der Waals surface area contributed by atoms with Crippen LogP contribution in [-0.4, -0.2) is 65.7 Å². The van der Waals surface area contributed by atoms with Crippen molar-refractivity contribution in [3.05, 3.63) is 29.6 Å². The summed E-state index contributed by atoms with van der Waals surface area (Å²) in [5.74, 6) is -0.481. The molecule has 7 nitrogen and oxygen atoms in total. The first kappa shape index (κ1) is 28.2. The van der Waals surface area contributed by atoms with Gasteiger partial charge in [0.1, 0.15) is 5.82 Å². The van der Waals surface area contributed by atoms with Crippen LogP contribution in [0.5, 0.6) is 0 Å². The summed E-state index contributed by atoms with van der Waals surface area (Å²) in [4.78, 5) is 29.3. The molecule has 0 aliphatic carbocycles. The second-order valence-electron chi connectivity index (χ2n) is 11.0. The molecular formula is C26H43FN4O3. The number of hydrogen-bond acceptors (Lipinski definition) is 5. The lowest BCUT2D eigenvalue weighted by Crippen LogP contribution is -2.64. The number of nitrogens with one attached hydrogen (secondary N) is 1. The number of nitrogens with zero attached hydrogens (tertiary/aromatic N) is 2. The second kappa shape index (κ2) is 11.6. The molecule has 0 saturated carbocycles. The molecule has 0 aromatic heterocycles. The van der Waals surface area contributed by atoms with Crippen molar-refractivity contribution in [3.8, 4) is 0 Å². The van der Waals surface area contributed by atoms with E-state index in [-0.39, 0.29) is 42.4 Å². The predicted molar refractivity (Wildman–Crippen MR) is 134 cm³/mol. The van der Waals surface area contributed by atoms with Crippen molar-refractivity contribution in [3.63, 3.8) is 0 Å². The molecule has 0 spiro atoms. The molecule has 1 saturated heterocycles. The Labute approximate surface area is 203 Å². The Morgan fingerprint density at radius 2 is 1.91 bits per heavy atom. The first-order chi connectivity index (χ1) is 15.7. The van der Waals surface area contributed by atoms with Gasteiger partial charge in [-0.3, -0.25) is 14.5 Å². The van der Waals surface area contributed by atoms with Crippen LogP contribution < -0.4 is 16.0 Å². The minimum atomic E-state index is -0.883. The van der Waals surface area contributed by atoms with E-state index in [2.05, 4.69) is 5.32 Å². The smallest absolute Gasteiger partial charge is 0.241 e. The van der Waals surface area contributed by atoms with Gasteiger partial charge in [0.25, 0.3) is 0 Å². The van der Waals surface area contributed by atoms with E-state index in [4.69, 9.17) is 5.73 Å². The number of aliphatic hydroxyl groups is 1. The monoisotopic (exact) mass is 478 g/mol. The molecule has 0 radical (unpaired) electrons. The number of rotatable bonds is 10. The second-order valence-corrected chi connectivity index (χ2v) is 11.0. The number of aliphatic hydroxyl groups excluding tert-OH is 1. The van der Waals surface area contributed by atoms with Crippen molar-refractivity contribution >= 4 is 17.5 Å². The van der Waals surface area contributed by atoms with Crippen LogP contribution in [0.25, 0.3) is 0 Å². The van der Waals surface area contributed by atoms with E-state index in [1.807, 2.05) is 46.4 Å². The van der Waals surface area contributed by atoms with E-state index in [9.17, 15) is 19.1 Å². The van der Waals surface area contributed by atoms with Crippen LogP contribution in [0.2, 0.25) is 0 Å². The molecule has 1 aromatic carbocycles. The van der Waals surface area contributed by atoms with E-state index in [0.29, 0.717) is 36.8 Å². The zero-order valence-electron chi connectivity index (χ0n) is 21.8. The third kappa shape index (κ3) is 6.99. The fourth-order valence-electron chi connectivity index (χ4n) is 4.39. The summed E-state index contributed by atoms with van der Waals surface area (Å²) in [5, 5.41) is 13.8. The van der Waals surface area contributed by atoms with Crippen molar-refractivity contribution in [2.75, 3.05) is 31.1 Å². The van der Waals surface area contributed by atoms with Crippen LogP contribution in [0, 0.1) is 30.5 Å². The van der Waals surface area contributed by atoms with Gasteiger partial charge in [-0.05, 0) is 51.2 Å². The number of anilines is 1. The topological polar surface area (TPSA) is 98.9 Å². The van der Waals surface area contributed by atoms with Crippen molar-refractivity contribution in [1.29, 1.82) is 0 Å². The molecule has 4 N–H and O–H groups in total. The Kier molecular flexibility index (Phi) is 9.62. The molecule has 0 unspecified atom stereocenters. The van der Waals surface area contributed by atoms with Crippen LogP contribution >= 0.6 is 0 Å². The summed E-state index contributed by atoms with van der Waals surface area (Å²) in [6, 6.07) is 4.14. The van der Waals surface area contributed by atoms with Gasteiger partial charge in [-0.2, -0.15) is 0 Å². The number of hydrogen-bond donors (Lipinski definition) is 3. The molecule has 0 bridgehead atoms. The Bertz CT molecular complexity index is 858. The summed E-state index contributed by atoms with van der Waals surface area (Å²) in [7, 11) is 0. The number of carbonyl (C=O) groups is 2. The first-order valence-corrected chi connectivity index (χ1v) is 12.3. The SMILES string of the molecule is Cc1c(F)cccc1N1CC(C)(C)N(C[C@H](N)[C@@H](O)C[C@H](C(=O)NCC(C)C)C(C)C)CC1=O. The minimum Gasteiger partial charge on any atom is -0.391 e. The highest BCUT2D eigenvalue weighted by atomic mass is 19.1. The highest BCUT2D eigenvalue weighted by Gasteiger charge is 2.40. The van der Waals surface area contributed by atoms with Crippen LogP contribution in [-0.2, 0) is 9.59 Å². The van der Waals surface area contributed by atoms with E-state index in [0.717, 1.165) is 0 Å². The maximum absolute atomic E-state index is 14.1. The summed E-state index contributed by atoms with van der Waals surface area (Å²) < 4.78 is 14.1. The number of carbonyl (C=O) groups excluding carboxylic acids is 2. The maximum Gasteiger partial charge on any atom is 0.241 e. The van der Waals surface area contributed by atoms with Gasteiger partial charge in [0.05, 0.1) is 12.6 Å². The predicted octanol–water partition coefficient (Wildman–Crippen LogP) is 2.68. The molecule has 1 aliphatic heterocycles. The van der Waals surface area contributed by atoms with Gasteiger partial charge in [-0.15, -0.1) is 0 Å². The number of benzene rings is 1. The molecule has 8 heteroatoms. The Morgan fingerprint density at radius 3 is 2.50 bits per heavy atom. The maximum atomic E-state index is 14.1. The molecular weight excluding hydrogens is 435 g/mol. The number of halogens is 1. The summed E-state index contributed by atoms with van der Waals surface area (Å²) in [5.41, 5.74) is 6.97.